The van der Waals surface area contributed by atoms with Crippen LogP contribution < -0.4 is 0 Å². The second-order valence-corrected chi connectivity index (χ2v) is 7.69. The number of likely N-dealkylation sites (tertiary alicyclic amines) is 1. The first kappa shape index (κ1) is 14.9. The number of rotatable bonds is 4. The number of aliphatic carboxylic acids is 1. The van der Waals surface area contributed by atoms with Crippen LogP contribution in [-0.4, -0.2) is 34.5 Å². The predicted octanol–water partition coefficient (Wildman–Crippen LogP) is 3.05. The van der Waals surface area contributed by atoms with Gasteiger partial charge in [0.2, 0.25) is 5.91 Å². The van der Waals surface area contributed by atoms with Crippen LogP contribution in [-0.2, 0) is 16.0 Å². The zero-order valence-electron chi connectivity index (χ0n) is 11.6. The molecule has 0 bridgehead atoms. The smallest absolute Gasteiger partial charge is 0.326 e. The van der Waals surface area contributed by atoms with Gasteiger partial charge in [-0.3, -0.25) is 4.79 Å². The number of nitrogens with zero attached hydrogens (tertiary/aromatic N) is 1. The van der Waals surface area contributed by atoms with E-state index in [1.54, 1.807) is 4.90 Å². The molecule has 21 heavy (non-hydrogen) atoms. The fourth-order valence-electron chi connectivity index (χ4n) is 3.74. The Morgan fingerprint density at radius 2 is 2.19 bits per heavy atom. The number of carboxylic acids is 1. The van der Waals surface area contributed by atoms with E-state index in [-0.39, 0.29) is 11.8 Å². The number of aryl methyl sites for hydroxylation is 1. The van der Waals surface area contributed by atoms with Crippen LogP contribution in [0.4, 0.5) is 0 Å². The Morgan fingerprint density at radius 1 is 1.38 bits per heavy atom. The summed E-state index contributed by atoms with van der Waals surface area (Å²) in [6, 6.07) is 3.14. The lowest BCUT2D eigenvalue weighted by Crippen LogP contribution is -2.43. The summed E-state index contributed by atoms with van der Waals surface area (Å²) in [7, 11) is 0. The summed E-state index contributed by atoms with van der Waals surface area (Å²) in [5, 5.41) is 9.46. The Morgan fingerprint density at radius 3 is 2.86 bits per heavy atom. The zero-order chi connectivity index (χ0) is 15.0. The van der Waals surface area contributed by atoms with Gasteiger partial charge in [-0.15, -0.1) is 11.3 Å². The topological polar surface area (TPSA) is 57.6 Å². The fourth-order valence-corrected chi connectivity index (χ4v) is 4.83. The molecule has 1 N–H and O–H groups in total. The molecule has 1 aliphatic heterocycles. The summed E-state index contributed by atoms with van der Waals surface area (Å²) in [6.07, 6.45) is 4.08. The highest BCUT2D eigenvalue weighted by Crippen LogP contribution is 2.42. The SMILES string of the molecule is O=C(O)C1C2CCCC2CN1C(=O)CCc1ccc(Cl)s1. The van der Waals surface area contributed by atoms with Gasteiger partial charge in [0.05, 0.1) is 4.34 Å². The molecule has 2 fully saturated rings. The highest BCUT2D eigenvalue weighted by molar-refractivity contribution is 7.16. The van der Waals surface area contributed by atoms with Gasteiger partial charge in [-0.1, -0.05) is 18.0 Å². The summed E-state index contributed by atoms with van der Waals surface area (Å²) >= 11 is 7.35. The molecule has 114 valence electrons. The molecule has 3 rings (SSSR count). The minimum Gasteiger partial charge on any atom is -0.480 e. The van der Waals surface area contributed by atoms with E-state index in [9.17, 15) is 14.7 Å². The Balaban J connectivity index is 1.64. The first-order valence-corrected chi connectivity index (χ1v) is 8.52. The monoisotopic (exact) mass is 327 g/mol. The van der Waals surface area contributed by atoms with Crippen molar-refractivity contribution in [3.05, 3.63) is 21.3 Å². The number of thiophene rings is 1. The highest BCUT2D eigenvalue weighted by atomic mass is 35.5. The average molecular weight is 328 g/mol. The number of carbonyl (C=O) groups excluding carboxylic acids is 1. The lowest BCUT2D eigenvalue weighted by atomic mass is 9.94. The number of hydrogen-bond acceptors (Lipinski definition) is 3. The van der Waals surface area contributed by atoms with E-state index >= 15 is 0 Å². The molecular formula is C15H18ClNO3S. The molecular weight excluding hydrogens is 310 g/mol. The van der Waals surface area contributed by atoms with E-state index < -0.39 is 12.0 Å². The molecule has 1 amide bonds. The van der Waals surface area contributed by atoms with Gasteiger partial charge in [-0.2, -0.15) is 0 Å². The average Bonchev–Trinajstić information content (AvgIpc) is 3.09. The number of carbonyl (C=O) groups is 2. The van der Waals surface area contributed by atoms with Gasteiger partial charge in [-0.25, -0.2) is 4.79 Å². The second kappa shape index (κ2) is 5.97. The van der Waals surface area contributed by atoms with Crippen LogP contribution in [0, 0.1) is 11.8 Å². The van der Waals surface area contributed by atoms with Crippen molar-refractivity contribution in [3.63, 3.8) is 0 Å². The molecule has 0 radical (unpaired) electrons. The molecule has 4 nitrogen and oxygen atoms in total. The number of carboxylic acid groups (broad SMARTS) is 1. The van der Waals surface area contributed by atoms with Gasteiger partial charge in [0, 0.05) is 17.8 Å². The minimum absolute atomic E-state index is 0.0404. The van der Waals surface area contributed by atoms with E-state index in [1.165, 1.54) is 11.3 Å². The number of fused-ring (bicyclic) bond motifs is 1. The van der Waals surface area contributed by atoms with Gasteiger partial charge in [0.25, 0.3) is 0 Å². The van der Waals surface area contributed by atoms with Crippen LogP contribution in [0.2, 0.25) is 4.34 Å². The van der Waals surface area contributed by atoms with Gasteiger partial charge < -0.3 is 10.0 Å². The van der Waals surface area contributed by atoms with Crippen LogP contribution >= 0.6 is 22.9 Å². The standard InChI is InChI=1S/C15H18ClNO3S/c16-12-6-4-10(21-12)5-7-13(18)17-8-9-2-1-3-11(9)14(17)15(19)20/h4,6,9,11,14H,1-3,5,7-8H2,(H,19,20). The van der Waals surface area contributed by atoms with Crippen molar-refractivity contribution >= 4 is 34.8 Å². The van der Waals surface area contributed by atoms with Gasteiger partial charge in [-0.05, 0) is 43.2 Å². The summed E-state index contributed by atoms with van der Waals surface area (Å²) in [5.41, 5.74) is 0. The zero-order valence-corrected chi connectivity index (χ0v) is 13.2. The Labute approximate surface area is 132 Å². The Bertz CT molecular complexity index is 559. The Hall–Kier alpha value is -1.07. The summed E-state index contributed by atoms with van der Waals surface area (Å²) < 4.78 is 0.719. The molecule has 2 aliphatic rings. The van der Waals surface area contributed by atoms with E-state index in [0.717, 1.165) is 28.5 Å². The third-order valence-electron chi connectivity index (χ3n) is 4.68. The van der Waals surface area contributed by atoms with Gasteiger partial charge >= 0.3 is 5.97 Å². The summed E-state index contributed by atoms with van der Waals surface area (Å²) in [4.78, 5) is 26.6. The van der Waals surface area contributed by atoms with Crippen LogP contribution in [0.1, 0.15) is 30.6 Å². The van der Waals surface area contributed by atoms with Crippen molar-refractivity contribution in [2.45, 2.75) is 38.1 Å². The van der Waals surface area contributed by atoms with E-state index in [0.29, 0.717) is 25.3 Å². The van der Waals surface area contributed by atoms with Gasteiger partial charge in [0.1, 0.15) is 6.04 Å². The molecule has 1 aromatic heterocycles. The van der Waals surface area contributed by atoms with Crippen molar-refractivity contribution in [2.75, 3.05) is 6.54 Å². The van der Waals surface area contributed by atoms with Crippen LogP contribution in [0.5, 0.6) is 0 Å². The van der Waals surface area contributed by atoms with E-state index in [2.05, 4.69) is 0 Å². The van der Waals surface area contributed by atoms with Crippen LogP contribution in [0.15, 0.2) is 12.1 Å². The van der Waals surface area contributed by atoms with E-state index in [1.807, 2.05) is 12.1 Å². The number of hydrogen-bond donors (Lipinski definition) is 1. The first-order valence-electron chi connectivity index (χ1n) is 7.32. The molecule has 1 saturated carbocycles. The highest BCUT2D eigenvalue weighted by Gasteiger charge is 2.49. The summed E-state index contributed by atoms with van der Waals surface area (Å²) in [5.74, 6) is -0.355. The molecule has 6 heteroatoms. The van der Waals surface area contributed by atoms with Crippen molar-refractivity contribution in [3.8, 4) is 0 Å². The lowest BCUT2D eigenvalue weighted by Gasteiger charge is -2.24. The third-order valence-corrected chi connectivity index (χ3v) is 5.97. The molecule has 0 spiro atoms. The maximum absolute atomic E-state index is 12.4. The molecule has 1 aromatic rings. The van der Waals surface area contributed by atoms with Crippen molar-refractivity contribution in [1.29, 1.82) is 0 Å². The molecule has 1 saturated heterocycles. The minimum atomic E-state index is -0.850. The lowest BCUT2D eigenvalue weighted by molar-refractivity contribution is -0.149. The maximum Gasteiger partial charge on any atom is 0.326 e. The Kier molecular flexibility index (Phi) is 4.22. The molecule has 0 aromatic carbocycles. The molecule has 1 aliphatic carbocycles. The van der Waals surface area contributed by atoms with Gasteiger partial charge in [0.15, 0.2) is 0 Å². The van der Waals surface area contributed by atoms with E-state index in [4.69, 9.17) is 11.6 Å². The van der Waals surface area contributed by atoms with Crippen molar-refractivity contribution in [1.82, 2.24) is 4.90 Å². The largest absolute Gasteiger partial charge is 0.480 e. The fraction of sp³-hybridized carbons (Fsp3) is 0.600. The number of halogens is 1. The second-order valence-electron chi connectivity index (χ2n) is 5.89. The molecule has 3 atom stereocenters. The van der Waals surface area contributed by atoms with Crippen molar-refractivity contribution in [2.24, 2.45) is 11.8 Å². The summed E-state index contributed by atoms with van der Waals surface area (Å²) in [6.45, 7) is 0.617. The van der Waals surface area contributed by atoms with Crippen LogP contribution in [0.3, 0.4) is 0 Å². The third kappa shape index (κ3) is 2.94. The number of amides is 1. The molecule has 2 heterocycles. The quantitative estimate of drug-likeness (QED) is 0.924. The van der Waals surface area contributed by atoms with Crippen molar-refractivity contribution < 1.29 is 14.7 Å². The normalized spacial score (nSPS) is 27.9. The molecule has 3 unspecified atom stereocenters. The first-order chi connectivity index (χ1) is 10.1. The predicted molar refractivity (Wildman–Crippen MR) is 81.6 cm³/mol. The van der Waals surface area contributed by atoms with Crippen LogP contribution in [0.25, 0.3) is 0 Å². The maximum atomic E-state index is 12.4.